The van der Waals surface area contributed by atoms with E-state index in [9.17, 15) is 14.4 Å². The SMILES string of the molecule is COc1ccc2c(c1)C(=O)N(C[C@@H](C#Cc1ccc(C3(N)CC3)nc1)NC(=O)NC=O)C2. The highest BCUT2D eigenvalue weighted by molar-refractivity contribution is 5.98. The monoisotopic (exact) mass is 433 g/mol. The fourth-order valence-electron chi connectivity index (χ4n) is 3.54. The van der Waals surface area contributed by atoms with E-state index in [1.807, 2.05) is 23.5 Å². The van der Waals surface area contributed by atoms with Crippen LogP contribution in [-0.4, -0.2) is 47.9 Å². The number of carbonyl (C=O) groups is 3. The molecule has 164 valence electrons. The minimum Gasteiger partial charge on any atom is -0.497 e. The Balaban J connectivity index is 1.50. The van der Waals surface area contributed by atoms with Gasteiger partial charge in [0.2, 0.25) is 6.41 Å². The second-order valence-electron chi connectivity index (χ2n) is 7.85. The molecule has 1 aliphatic heterocycles. The van der Waals surface area contributed by atoms with Gasteiger partial charge in [-0.25, -0.2) is 4.79 Å². The van der Waals surface area contributed by atoms with E-state index in [2.05, 4.69) is 22.1 Å². The highest BCUT2D eigenvalue weighted by Gasteiger charge is 2.41. The Morgan fingerprint density at radius 1 is 1.38 bits per heavy atom. The maximum absolute atomic E-state index is 12.8. The second-order valence-corrected chi connectivity index (χ2v) is 7.85. The zero-order valence-corrected chi connectivity index (χ0v) is 17.6. The molecule has 4 N–H and O–H groups in total. The number of hydrogen-bond donors (Lipinski definition) is 3. The van der Waals surface area contributed by atoms with Gasteiger partial charge in [0, 0.05) is 23.9 Å². The number of fused-ring (bicyclic) bond motifs is 1. The Morgan fingerprint density at radius 3 is 2.84 bits per heavy atom. The van der Waals surface area contributed by atoms with Crippen LogP contribution in [0.2, 0.25) is 0 Å². The van der Waals surface area contributed by atoms with Crippen molar-refractivity contribution < 1.29 is 19.1 Å². The highest BCUT2D eigenvalue weighted by Crippen LogP contribution is 2.41. The van der Waals surface area contributed by atoms with Crippen molar-refractivity contribution in [2.45, 2.75) is 31.0 Å². The number of rotatable bonds is 6. The maximum Gasteiger partial charge on any atom is 0.322 e. The van der Waals surface area contributed by atoms with E-state index < -0.39 is 12.1 Å². The average molecular weight is 433 g/mol. The van der Waals surface area contributed by atoms with E-state index >= 15 is 0 Å². The lowest BCUT2D eigenvalue weighted by molar-refractivity contribution is -0.108. The van der Waals surface area contributed by atoms with Crippen molar-refractivity contribution in [1.82, 2.24) is 20.5 Å². The van der Waals surface area contributed by atoms with E-state index in [0.29, 0.717) is 23.4 Å². The normalized spacial score (nSPS) is 16.3. The summed E-state index contributed by atoms with van der Waals surface area (Å²) in [7, 11) is 1.54. The molecule has 4 rings (SSSR count). The first-order valence-electron chi connectivity index (χ1n) is 10.2. The Bertz CT molecular complexity index is 1120. The zero-order chi connectivity index (χ0) is 22.7. The molecule has 32 heavy (non-hydrogen) atoms. The first-order valence-corrected chi connectivity index (χ1v) is 10.2. The van der Waals surface area contributed by atoms with Crippen molar-refractivity contribution in [2.75, 3.05) is 13.7 Å². The molecule has 0 bridgehead atoms. The summed E-state index contributed by atoms with van der Waals surface area (Å²) in [6, 6.07) is 7.61. The molecule has 0 unspecified atom stereocenters. The van der Waals surface area contributed by atoms with Gasteiger partial charge in [0.1, 0.15) is 11.8 Å². The summed E-state index contributed by atoms with van der Waals surface area (Å²) in [6.07, 6.45) is 3.76. The number of nitrogens with zero attached hydrogens (tertiary/aromatic N) is 2. The number of ether oxygens (including phenoxy) is 1. The fraction of sp³-hybridized carbons (Fsp3) is 0.304. The van der Waals surface area contributed by atoms with Crippen LogP contribution in [0, 0.1) is 11.8 Å². The van der Waals surface area contributed by atoms with E-state index in [0.717, 1.165) is 24.1 Å². The lowest BCUT2D eigenvalue weighted by Gasteiger charge is -2.21. The molecule has 1 aromatic carbocycles. The van der Waals surface area contributed by atoms with Crippen molar-refractivity contribution in [3.05, 3.63) is 58.9 Å². The Morgan fingerprint density at radius 2 is 2.19 bits per heavy atom. The van der Waals surface area contributed by atoms with Crippen LogP contribution in [0.25, 0.3) is 0 Å². The Labute approximate surface area is 185 Å². The number of pyridine rings is 1. The molecule has 1 aliphatic carbocycles. The van der Waals surface area contributed by atoms with Gasteiger partial charge < -0.3 is 20.7 Å². The molecule has 2 aliphatic rings. The number of amides is 4. The standard InChI is InChI=1S/C23H23N5O4/c1-32-18-6-4-16-12-28(21(30)19(16)10-18)13-17(27-22(31)26-14-29)5-2-15-3-7-20(25-11-15)23(24)8-9-23/h3-4,6-7,10-11,14,17H,8-9,12-13,24H2,1H3,(H2,26,27,29,31)/t17-/m1/s1. The summed E-state index contributed by atoms with van der Waals surface area (Å²) >= 11 is 0. The Hall–Kier alpha value is -3.90. The van der Waals surface area contributed by atoms with Crippen LogP contribution < -0.4 is 21.1 Å². The van der Waals surface area contributed by atoms with Crippen LogP contribution >= 0.6 is 0 Å². The number of nitrogens with two attached hydrogens (primary N) is 1. The largest absolute Gasteiger partial charge is 0.497 e. The smallest absolute Gasteiger partial charge is 0.322 e. The lowest BCUT2D eigenvalue weighted by Crippen LogP contribution is -2.46. The van der Waals surface area contributed by atoms with Gasteiger partial charge >= 0.3 is 6.03 Å². The average Bonchev–Trinajstić information content (AvgIpc) is 3.48. The minimum absolute atomic E-state index is 0.145. The maximum atomic E-state index is 12.8. The van der Waals surface area contributed by atoms with E-state index in [1.165, 1.54) is 0 Å². The highest BCUT2D eigenvalue weighted by atomic mass is 16.5. The molecule has 9 nitrogen and oxygen atoms in total. The summed E-state index contributed by atoms with van der Waals surface area (Å²) in [5.41, 5.74) is 8.75. The number of imide groups is 1. The lowest BCUT2D eigenvalue weighted by atomic mass is 10.1. The van der Waals surface area contributed by atoms with Gasteiger partial charge in [0.15, 0.2) is 0 Å². The van der Waals surface area contributed by atoms with E-state index in [1.54, 1.807) is 30.3 Å². The third kappa shape index (κ3) is 4.55. The van der Waals surface area contributed by atoms with Crippen molar-refractivity contribution in [1.29, 1.82) is 0 Å². The molecular weight excluding hydrogens is 410 g/mol. The minimum atomic E-state index is -0.709. The molecule has 1 fully saturated rings. The van der Waals surface area contributed by atoms with Gasteiger partial charge in [-0.15, -0.1) is 0 Å². The summed E-state index contributed by atoms with van der Waals surface area (Å²) in [5.74, 6) is 6.37. The number of benzene rings is 1. The van der Waals surface area contributed by atoms with Crippen molar-refractivity contribution in [2.24, 2.45) is 5.73 Å². The fourth-order valence-corrected chi connectivity index (χ4v) is 3.54. The quantitative estimate of drug-likeness (QED) is 0.458. The van der Waals surface area contributed by atoms with Crippen LogP contribution in [-0.2, 0) is 16.9 Å². The van der Waals surface area contributed by atoms with Crippen LogP contribution in [0.1, 0.15) is 40.0 Å². The summed E-state index contributed by atoms with van der Waals surface area (Å²) < 4.78 is 5.20. The first-order chi connectivity index (χ1) is 15.4. The predicted molar refractivity (Wildman–Crippen MR) is 115 cm³/mol. The van der Waals surface area contributed by atoms with Gasteiger partial charge in [-0.2, -0.15) is 0 Å². The van der Waals surface area contributed by atoms with Gasteiger partial charge in [0.05, 0.1) is 24.9 Å². The topological polar surface area (TPSA) is 127 Å². The molecule has 4 amide bonds. The third-order valence-electron chi connectivity index (χ3n) is 5.55. The van der Waals surface area contributed by atoms with Gasteiger partial charge in [0.25, 0.3) is 5.91 Å². The molecule has 1 atom stereocenters. The third-order valence-corrected chi connectivity index (χ3v) is 5.55. The van der Waals surface area contributed by atoms with Crippen LogP contribution in [0.4, 0.5) is 4.79 Å². The molecule has 0 radical (unpaired) electrons. The number of carbonyl (C=O) groups excluding carboxylic acids is 3. The molecular formula is C23H23N5O4. The number of hydrogen-bond acceptors (Lipinski definition) is 6. The Kier molecular flexibility index (Phi) is 5.79. The zero-order valence-electron chi connectivity index (χ0n) is 17.6. The number of aromatic nitrogens is 1. The van der Waals surface area contributed by atoms with Crippen LogP contribution in [0.15, 0.2) is 36.5 Å². The second kappa shape index (κ2) is 8.69. The van der Waals surface area contributed by atoms with Crippen molar-refractivity contribution >= 4 is 18.3 Å². The number of urea groups is 1. The molecule has 9 heteroatoms. The van der Waals surface area contributed by atoms with E-state index in [4.69, 9.17) is 10.5 Å². The molecule has 2 aromatic rings. The van der Waals surface area contributed by atoms with Crippen LogP contribution in [0.5, 0.6) is 5.75 Å². The van der Waals surface area contributed by atoms with Crippen molar-refractivity contribution in [3.8, 4) is 17.6 Å². The molecule has 0 spiro atoms. The van der Waals surface area contributed by atoms with Crippen LogP contribution in [0.3, 0.4) is 0 Å². The predicted octanol–water partition coefficient (Wildman–Crippen LogP) is 0.870. The van der Waals surface area contributed by atoms with Crippen molar-refractivity contribution in [3.63, 3.8) is 0 Å². The van der Waals surface area contributed by atoms with E-state index in [-0.39, 0.29) is 24.4 Å². The molecule has 1 saturated carbocycles. The summed E-state index contributed by atoms with van der Waals surface area (Å²) in [5, 5.41) is 4.65. The first kappa shape index (κ1) is 21.3. The summed E-state index contributed by atoms with van der Waals surface area (Å²) in [4.78, 5) is 41.3. The summed E-state index contributed by atoms with van der Waals surface area (Å²) in [6.45, 7) is 0.536. The molecule has 0 saturated heterocycles. The van der Waals surface area contributed by atoms with Gasteiger partial charge in [-0.05, 0) is 42.7 Å². The van der Waals surface area contributed by atoms with Gasteiger partial charge in [-0.1, -0.05) is 17.9 Å². The van der Waals surface area contributed by atoms with Gasteiger partial charge in [-0.3, -0.25) is 19.9 Å². The molecule has 2 heterocycles. The number of nitrogens with one attached hydrogen (secondary N) is 2. The molecule has 1 aromatic heterocycles. The number of methoxy groups -OCH3 is 1.